The van der Waals surface area contributed by atoms with E-state index in [-0.39, 0.29) is 11.6 Å². The molecule has 1 unspecified atom stereocenters. The summed E-state index contributed by atoms with van der Waals surface area (Å²) in [4.78, 5) is 11.6. The molecule has 1 atom stereocenters. The second kappa shape index (κ2) is 4.96. The Hall–Kier alpha value is -1.09. The monoisotopic (exact) mass is 194 g/mol. The van der Waals surface area contributed by atoms with Crippen molar-refractivity contribution in [1.82, 2.24) is 4.57 Å². The van der Waals surface area contributed by atoms with E-state index >= 15 is 0 Å². The van der Waals surface area contributed by atoms with Crippen LogP contribution in [0.15, 0.2) is 23.1 Å². The van der Waals surface area contributed by atoms with Crippen molar-refractivity contribution in [2.45, 2.75) is 39.3 Å². The van der Waals surface area contributed by atoms with Crippen molar-refractivity contribution >= 4 is 0 Å². The van der Waals surface area contributed by atoms with E-state index < -0.39 is 0 Å². The highest BCUT2D eigenvalue weighted by Gasteiger charge is 1.99. The van der Waals surface area contributed by atoms with Crippen molar-refractivity contribution in [2.75, 3.05) is 0 Å². The molecule has 0 aliphatic carbocycles. The molecule has 1 aromatic heterocycles. The van der Waals surface area contributed by atoms with Crippen LogP contribution in [-0.4, -0.2) is 10.6 Å². The summed E-state index contributed by atoms with van der Waals surface area (Å²) in [6.07, 6.45) is 3.75. The summed E-state index contributed by atoms with van der Waals surface area (Å²) in [5.74, 6) is 0. The number of aromatic nitrogens is 1. The Kier molecular flexibility index (Phi) is 3.89. The molecule has 78 valence electrons. The first-order valence-electron chi connectivity index (χ1n) is 5.03. The highest BCUT2D eigenvalue weighted by atomic mass is 16.1. The molecule has 3 heteroatoms. The maximum atomic E-state index is 11.6. The van der Waals surface area contributed by atoms with Gasteiger partial charge in [-0.3, -0.25) is 4.79 Å². The summed E-state index contributed by atoms with van der Waals surface area (Å²) < 4.78 is 1.75. The Morgan fingerprint density at radius 2 is 2.29 bits per heavy atom. The van der Waals surface area contributed by atoms with Crippen molar-refractivity contribution in [1.29, 1.82) is 0 Å². The van der Waals surface area contributed by atoms with E-state index in [1.165, 1.54) is 0 Å². The third-order valence-corrected chi connectivity index (χ3v) is 2.27. The van der Waals surface area contributed by atoms with Gasteiger partial charge in [-0.05, 0) is 32.8 Å². The first-order chi connectivity index (χ1) is 6.61. The van der Waals surface area contributed by atoms with Gasteiger partial charge in [-0.1, -0.05) is 6.07 Å². The quantitative estimate of drug-likeness (QED) is 0.785. The number of hydrogen-bond acceptors (Lipinski definition) is 2. The fourth-order valence-corrected chi connectivity index (χ4v) is 1.42. The second-order valence-electron chi connectivity index (χ2n) is 3.81. The van der Waals surface area contributed by atoms with Gasteiger partial charge in [-0.2, -0.15) is 0 Å². The molecule has 1 rings (SSSR count). The Labute approximate surface area is 84.6 Å². The highest BCUT2D eigenvalue weighted by Crippen LogP contribution is 1.97. The van der Waals surface area contributed by atoms with Crippen LogP contribution >= 0.6 is 0 Å². The van der Waals surface area contributed by atoms with Gasteiger partial charge >= 0.3 is 0 Å². The van der Waals surface area contributed by atoms with Crippen molar-refractivity contribution in [3.63, 3.8) is 0 Å². The largest absolute Gasteiger partial charge is 0.328 e. The van der Waals surface area contributed by atoms with Gasteiger partial charge in [-0.25, -0.2) is 0 Å². The molecule has 3 nitrogen and oxygen atoms in total. The van der Waals surface area contributed by atoms with E-state index in [0.29, 0.717) is 0 Å². The Morgan fingerprint density at radius 3 is 2.93 bits per heavy atom. The SMILES string of the molecule is Cc1cccn(CCCC(C)N)c1=O. The zero-order chi connectivity index (χ0) is 10.6. The predicted molar refractivity (Wildman–Crippen MR) is 58.3 cm³/mol. The molecule has 0 saturated heterocycles. The zero-order valence-electron chi connectivity index (χ0n) is 8.86. The van der Waals surface area contributed by atoms with Gasteiger partial charge in [-0.15, -0.1) is 0 Å². The maximum absolute atomic E-state index is 11.6. The number of nitrogens with two attached hydrogens (primary N) is 1. The molecule has 14 heavy (non-hydrogen) atoms. The van der Waals surface area contributed by atoms with Crippen molar-refractivity contribution in [3.8, 4) is 0 Å². The van der Waals surface area contributed by atoms with E-state index in [0.717, 1.165) is 24.9 Å². The van der Waals surface area contributed by atoms with Crippen molar-refractivity contribution in [2.24, 2.45) is 5.73 Å². The topological polar surface area (TPSA) is 48.0 Å². The molecular formula is C11H18N2O. The van der Waals surface area contributed by atoms with Gasteiger partial charge in [0, 0.05) is 24.3 Å². The predicted octanol–water partition coefficient (Wildman–Crippen LogP) is 1.28. The van der Waals surface area contributed by atoms with Gasteiger partial charge in [0.15, 0.2) is 0 Å². The Bertz CT molecular complexity index is 341. The average Bonchev–Trinajstić information content (AvgIpc) is 2.12. The van der Waals surface area contributed by atoms with Crippen molar-refractivity contribution < 1.29 is 0 Å². The normalized spacial score (nSPS) is 12.8. The molecular weight excluding hydrogens is 176 g/mol. The standard InChI is InChI=1S/C11H18N2O/c1-9-5-3-7-13(11(9)14)8-4-6-10(2)12/h3,5,7,10H,4,6,8,12H2,1-2H3. The number of aryl methyl sites for hydroxylation is 2. The van der Waals surface area contributed by atoms with Gasteiger partial charge in [0.1, 0.15) is 0 Å². The minimum atomic E-state index is 0.108. The third kappa shape index (κ3) is 3.00. The fourth-order valence-electron chi connectivity index (χ4n) is 1.42. The summed E-state index contributed by atoms with van der Waals surface area (Å²) in [5.41, 5.74) is 6.54. The molecule has 0 spiro atoms. The lowest BCUT2D eigenvalue weighted by Gasteiger charge is -2.07. The van der Waals surface area contributed by atoms with E-state index in [1.54, 1.807) is 4.57 Å². The summed E-state index contributed by atoms with van der Waals surface area (Å²) in [6.45, 7) is 4.59. The molecule has 0 amide bonds. The molecule has 1 heterocycles. The highest BCUT2D eigenvalue weighted by molar-refractivity contribution is 5.07. The molecule has 0 bridgehead atoms. The zero-order valence-corrected chi connectivity index (χ0v) is 8.86. The van der Waals surface area contributed by atoms with E-state index in [9.17, 15) is 4.79 Å². The summed E-state index contributed by atoms with van der Waals surface area (Å²) in [5, 5.41) is 0. The lowest BCUT2D eigenvalue weighted by molar-refractivity contribution is 0.547. The molecule has 0 aromatic carbocycles. The third-order valence-electron chi connectivity index (χ3n) is 2.27. The van der Waals surface area contributed by atoms with Crippen LogP contribution in [0.1, 0.15) is 25.3 Å². The van der Waals surface area contributed by atoms with Crippen LogP contribution in [0.25, 0.3) is 0 Å². The summed E-state index contributed by atoms with van der Waals surface area (Å²) in [7, 11) is 0. The van der Waals surface area contributed by atoms with E-state index in [4.69, 9.17) is 5.73 Å². The number of hydrogen-bond donors (Lipinski definition) is 1. The van der Waals surface area contributed by atoms with E-state index in [2.05, 4.69) is 0 Å². The Balaban J connectivity index is 2.59. The van der Waals surface area contributed by atoms with Crippen LogP contribution in [0.4, 0.5) is 0 Å². The molecule has 0 radical (unpaired) electrons. The van der Waals surface area contributed by atoms with Gasteiger partial charge in [0.05, 0.1) is 0 Å². The lowest BCUT2D eigenvalue weighted by Crippen LogP contribution is -2.22. The maximum Gasteiger partial charge on any atom is 0.253 e. The van der Waals surface area contributed by atoms with Crippen molar-refractivity contribution in [3.05, 3.63) is 34.2 Å². The van der Waals surface area contributed by atoms with Crippen LogP contribution in [-0.2, 0) is 6.54 Å². The number of nitrogens with zero attached hydrogens (tertiary/aromatic N) is 1. The minimum absolute atomic E-state index is 0.108. The summed E-state index contributed by atoms with van der Waals surface area (Å²) in [6, 6.07) is 3.96. The van der Waals surface area contributed by atoms with Crippen LogP contribution in [0.2, 0.25) is 0 Å². The molecule has 1 aromatic rings. The number of rotatable bonds is 4. The molecule has 0 saturated carbocycles. The second-order valence-corrected chi connectivity index (χ2v) is 3.81. The van der Waals surface area contributed by atoms with Crippen LogP contribution in [0.3, 0.4) is 0 Å². The lowest BCUT2D eigenvalue weighted by atomic mass is 10.2. The molecule has 2 N–H and O–H groups in total. The first-order valence-corrected chi connectivity index (χ1v) is 5.03. The molecule has 0 aliphatic rings. The van der Waals surface area contributed by atoms with Gasteiger partial charge in [0.25, 0.3) is 5.56 Å². The van der Waals surface area contributed by atoms with Crippen LogP contribution in [0.5, 0.6) is 0 Å². The van der Waals surface area contributed by atoms with Gasteiger partial charge < -0.3 is 10.3 Å². The smallest absolute Gasteiger partial charge is 0.253 e. The molecule has 0 fully saturated rings. The van der Waals surface area contributed by atoms with Gasteiger partial charge in [0.2, 0.25) is 0 Å². The summed E-state index contributed by atoms with van der Waals surface area (Å²) >= 11 is 0. The first kappa shape index (κ1) is 11.0. The van der Waals surface area contributed by atoms with Crippen LogP contribution < -0.4 is 11.3 Å². The minimum Gasteiger partial charge on any atom is -0.328 e. The average molecular weight is 194 g/mol. The van der Waals surface area contributed by atoms with Crippen LogP contribution in [0, 0.1) is 6.92 Å². The molecule has 0 aliphatic heterocycles. The fraction of sp³-hybridized carbons (Fsp3) is 0.545. The number of pyridine rings is 1. The Morgan fingerprint density at radius 1 is 1.57 bits per heavy atom. The van der Waals surface area contributed by atoms with E-state index in [1.807, 2.05) is 32.2 Å².